The predicted octanol–water partition coefficient (Wildman–Crippen LogP) is -0.559. The Bertz CT molecular complexity index is 279. The molecule has 4 N–H and O–H groups in total. The number of hydrogen-bond acceptors (Lipinski definition) is 4. The number of amides is 1. The van der Waals surface area contributed by atoms with Crippen molar-refractivity contribution in [2.24, 2.45) is 5.73 Å². The molecule has 5 heteroatoms. The Morgan fingerprint density at radius 3 is 2.88 bits per heavy atom. The fraction of sp³-hybridized carbons (Fsp3) is 0.917. The second-order valence-corrected chi connectivity index (χ2v) is 5.28. The highest BCUT2D eigenvalue weighted by molar-refractivity contribution is 5.88. The molecule has 1 saturated heterocycles. The van der Waals surface area contributed by atoms with Crippen molar-refractivity contribution in [3.05, 3.63) is 0 Å². The first kappa shape index (κ1) is 12.8. The maximum absolute atomic E-state index is 11.6. The van der Waals surface area contributed by atoms with Gasteiger partial charge in [0.25, 0.3) is 0 Å². The lowest BCUT2D eigenvalue weighted by Gasteiger charge is -2.34. The molecule has 1 saturated carbocycles. The van der Waals surface area contributed by atoms with Crippen LogP contribution in [0.4, 0.5) is 0 Å². The molecule has 1 aliphatic heterocycles. The highest BCUT2D eigenvalue weighted by Gasteiger charge is 2.45. The summed E-state index contributed by atoms with van der Waals surface area (Å²) in [4.78, 5) is 13.9. The minimum absolute atomic E-state index is 0.0185. The lowest BCUT2D eigenvalue weighted by Crippen LogP contribution is -2.48. The van der Waals surface area contributed by atoms with Gasteiger partial charge < -0.3 is 16.2 Å². The minimum Gasteiger partial charge on any atom is -0.395 e. The highest BCUT2D eigenvalue weighted by Crippen LogP contribution is 2.31. The van der Waals surface area contributed by atoms with E-state index in [2.05, 4.69) is 10.2 Å². The Balaban J connectivity index is 1.68. The first-order chi connectivity index (χ1) is 8.15. The number of aliphatic hydroxyl groups excluding tert-OH is 1. The molecule has 0 bridgehead atoms. The summed E-state index contributed by atoms with van der Waals surface area (Å²) in [7, 11) is 0. The number of nitrogens with two attached hydrogens (primary N) is 1. The largest absolute Gasteiger partial charge is 0.395 e. The smallest absolute Gasteiger partial charge is 0.240 e. The summed E-state index contributed by atoms with van der Waals surface area (Å²) in [6.07, 6.45) is 5.06. The van der Waals surface area contributed by atoms with E-state index >= 15 is 0 Å². The van der Waals surface area contributed by atoms with Crippen molar-refractivity contribution in [2.45, 2.75) is 43.7 Å². The topological polar surface area (TPSA) is 78.6 Å². The Morgan fingerprint density at radius 1 is 1.47 bits per heavy atom. The van der Waals surface area contributed by atoms with Crippen LogP contribution in [0.15, 0.2) is 0 Å². The van der Waals surface area contributed by atoms with Gasteiger partial charge in [0, 0.05) is 19.1 Å². The Labute approximate surface area is 102 Å². The van der Waals surface area contributed by atoms with Crippen LogP contribution in [0.2, 0.25) is 0 Å². The van der Waals surface area contributed by atoms with Gasteiger partial charge in [-0.25, -0.2) is 0 Å². The quantitative estimate of drug-likeness (QED) is 0.603. The molecule has 2 rings (SSSR count). The van der Waals surface area contributed by atoms with Crippen molar-refractivity contribution in [3.63, 3.8) is 0 Å². The van der Waals surface area contributed by atoms with Gasteiger partial charge in [0.1, 0.15) is 0 Å². The molecule has 1 atom stereocenters. The first-order valence-electron chi connectivity index (χ1n) is 6.58. The highest BCUT2D eigenvalue weighted by atomic mass is 16.3. The van der Waals surface area contributed by atoms with E-state index < -0.39 is 5.54 Å². The second-order valence-electron chi connectivity index (χ2n) is 5.28. The zero-order chi connectivity index (χ0) is 12.3. The number of carbonyl (C=O) groups excluding carboxylic acids is 1. The number of likely N-dealkylation sites (tertiary alicyclic amines) is 1. The lowest BCUT2D eigenvalue weighted by atomic mass is 10.0. The van der Waals surface area contributed by atoms with Crippen molar-refractivity contribution >= 4 is 5.91 Å². The van der Waals surface area contributed by atoms with Crippen LogP contribution >= 0.6 is 0 Å². The fourth-order valence-electron chi connectivity index (χ4n) is 2.41. The summed E-state index contributed by atoms with van der Waals surface area (Å²) in [5.41, 5.74) is 5.23. The number of aliphatic hydroxyl groups is 1. The Morgan fingerprint density at radius 2 is 2.24 bits per heavy atom. The molecule has 0 aromatic carbocycles. The van der Waals surface area contributed by atoms with E-state index in [0.29, 0.717) is 6.54 Å². The zero-order valence-corrected chi connectivity index (χ0v) is 10.3. The van der Waals surface area contributed by atoms with Crippen molar-refractivity contribution in [2.75, 3.05) is 26.2 Å². The maximum Gasteiger partial charge on any atom is 0.240 e. The SMILES string of the molecule is NC1(C(=O)NCCN2CCCC[C@H]2CO)CC1. The molecule has 1 aliphatic carbocycles. The van der Waals surface area contributed by atoms with Gasteiger partial charge in [-0.05, 0) is 32.2 Å². The van der Waals surface area contributed by atoms with Crippen LogP contribution in [0.1, 0.15) is 32.1 Å². The van der Waals surface area contributed by atoms with Gasteiger partial charge in [0.2, 0.25) is 5.91 Å². The molecular weight excluding hydrogens is 218 g/mol. The first-order valence-corrected chi connectivity index (χ1v) is 6.58. The molecule has 17 heavy (non-hydrogen) atoms. The summed E-state index contributed by atoms with van der Waals surface area (Å²) in [6, 6.07) is 0.272. The Kier molecular flexibility index (Phi) is 4.01. The average molecular weight is 241 g/mol. The average Bonchev–Trinajstić information content (AvgIpc) is 3.09. The van der Waals surface area contributed by atoms with Gasteiger partial charge >= 0.3 is 0 Å². The van der Waals surface area contributed by atoms with Crippen LogP contribution in [0.5, 0.6) is 0 Å². The maximum atomic E-state index is 11.6. The molecule has 5 nitrogen and oxygen atoms in total. The van der Waals surface area contributed by atoms with Crippen molar-refractivity contribution < 1.29 is 9.90 Å². The van der Waals surface area contributed by atoms with Crippen LogP contribution < -0.4 is 11.1 Å². The zero-order valence-electron chi connectivity index (χ0n) is 10.3. The van der Waals surface area contributed by atoms with E-state index in [1.165, 1.54) is 12.8 Å². The van der Waals surface area contributed by atoms with E-state index in [-0.39, 0.29) is 18.6 Å². The van der Waals surface area contributed by atoms with E-state index in [0.717, 1.165) is 32.4 Å². The minimum atomic E-state index is -0.571. The Hall–Kier alpha value is -0.650. The van der Waals surface area contributed by atoms with E-state index in [1.807, 2.05) is 0 Å². The number of nitrogens with zero attached hydrogens (tertiary/aromatic N) is 1. The lowest BCUT2D eigenvalue weighted by molar-refractivity contribution is -0.123. The monoisotopic (exact) mass is 241 g/mol. The molecular formula is C12H23N3O2. The van der Waals surface area contributed by atoms with Gasteiger partial charge in [-0.3, -0.25) is 9.69 Å². The molecule has 0 aromatic heterocycles. The molecule has 1 amide bonds. The van der Waals surface area contributed by atoms with Gasteiger partial charge in [0.05, 0.1) is 12.1 Å². The van der Waals surface area contributed by atoms with Gasteiger partial charge in [-0.15, -0.1) is 0 Å². The molecule has 2 aliphatic rings. The number of rotatable bonds is 5. The molecule has 1 heterocycles. The fourth-order valence-corrected chi connectivity index (χ4v) is 2.41. The summed E-state index contributed by atoms with van der Waals surface area (Å²) in [5, 5.41) is 12.2. The van der Waals surface area contributed by atoms with Crippen molar-refractivity contribution in [1.82, 2.24) is 10.2 Å². The van der Waals surface area contributed by atoms with Gasteiger partial charge in [-0.2, -0.15) is 0 Å². The van der Waals surface area contributed by atoms with E-state index in [1.54, 1.807) is 0 Å². The third-order valence-corrected chi connectivity index (χ3v) is 3.89. The van der Waals surface area contributed by atoms with Crippen LogP contribution in [0, 0.1) is 0 Å². The normalized spacial score (nSPS) is 27.8. The standard InChI is InChI=1S/C12H23N3O2/c13-12(4-5-12)11(17)14-6-8-15-7-2-1-3-10(15)9-16/h10,16H,1-9,13H2,(H,14,17)/t10-/m0/s1. The molecule has 2 fully saturated rings. The molecule has 0 aromatic rings. The number of nitrogens with one attached hydrogen (secondary N) is 1. The number of piperidine rings is 1. The van der Waals surface area contributed by atoms with E-state index in [4.69, 9.17) is 5.73 Å². The van der Waals surface area contributed by atoms with Gasteiger partial charge in [-0.1, -0.05) is 6.42 Å². The van der Waals surface area contributed by atoms with Crippen LogP contribution in [-0.4, -0.2) is 53.7 Å². The summed E-state index contributed by atoms with van der Waals surface area (Å²) >= 11 is 0. The summed E-state index contributed by atoms with van der Waals surface area (Å²) in [5.74, 6) is -0.0185. The van der Waals surface area contributed by atoms with Gasteiger partial charge in [0.15, 0.2) is 0 Å². The molecule has 0 spiro atoms. The summed E-state index contributed by atoms with van der Waals surface area (Å²) in [6.45, 7) is 2.69. The van der Waals surface area contributed by atoms with Crippen molar-refractivity contribution in [1.29, 1.82) is 0 Å². The molecule has 98 valence electrons. The third-order valence-electron chi connectivity index (χ3n) is 3.89. The van der Waals surface area contributed by atoms with Crippen molar-refractivity contribution in [3.8, 4) is 0 Å². The second kappa shape index (κ2) is 5.33. The summed E-state index contributed by atoms with van der Waals surface area (Å²) < 4.78 is 0. The van der Waals surface area contributed by atoms with E-state index in [9.17, 15) is 9.90 Å². The molecule has 0 radical (unpaired) electrons. The van der Waals surface area contributed by atoms with Crippen LogP contribution in [0.3, 0.4) is 0 Å². The third kappa shape index (κ3) is 3.18. The number of hydrogen-bond donors (Lipinski definition) is 3. The molecule has 0 unspecified atom stereocenters. The predicted molar refractivity (Wildman–Crippen MR) is 65.5 cm³/mol. The van der Waals surface area contributed by atoms with Crippen LogP contribution in [-0.2, 0) is 4.79 Å². The number of carbonyl (C=O) groups is 1. The van der Waals surface area contributed by atoms with Crippen LogP contribution in [0.25, 0.3) is 0 Å².